The normalized spacial score (nSPS) is 29.1. The maximum atomic E-state index is 13.3. The Hall–Kier alpha value is -1.39. The number of aromatic nitrogens is 2. The van der Waals surface area contributed by atoms with E-state index >= 15 is 0 Å². The highest BCUT2D eigenvalue weighted by molar-refractivity contribution is 6.42. The number of hydrogen-bond donors (Lipinski definition) is 0. The summed E-state index contributed by atoms with van der Waals surface area (Å²) in [5.41, 5.74) is 2.06. The van der Waals surface area contributed by atoms with E-state index in [-0.39, 0.29) is 16.7 Å². The van der Waals surface area contributed by atoms with E-state index < -0.39 is 5.41 Å². The lowest BCUT2D eigenvalue weighted by atomic mass is 9.63. The zero-order chi connectivity index (χ0) is 18.4. The van der Waals surface area contributed by atoms with E-state index in [9.17, 15) is 4.79 Å². The molecule has 1 saturated carbocycles. The number of amides is 1. The molecular formula is C19H21Cl2N3O. The van der Waals surface area contributed by atoms with Crippen molar-refractivity contribution in [1.82, 2.24) is 14.9 Å². The summed E-state index contributed by atoms with van der Waals surface area (Å²) in [5, 5.41) is 0.917. The largest absolute Gasteiger partial charge is 0.348 e. The lowest BCUT2D eigenvalue weighted by molar-refractivity contribution is -0.138. The van der Waals surface area contributed by atoms with Crippen molar-refractivity contribution >= 4 is 40.1 Å². The van der Waals surface area contributed by atoms with Crippen molar-refractivity contribution in [2.24, 2.45) is 5.41 Å². The second-order valence-electron chi connectivity index (χ2n) is 8.24. The van der Waals surface area contributed by atoms with Gasteiger partial charge in [0.2, 0.25) is 5.91 Å². The molecule has 0 radical (unpaired) electrons. The first kappa shape index (κ1) is 17.0. The monoisotopic (exact) mass is 377 g/mol. The fourth-order valence-corrected chi connectivity index (χ4v) is 5.27. The van der Waals surface area contributed by atoms with Crippen LogP contribution in [0.2, 0.25) is 10.0 Å². The highest BCUT2D eigenvalue weighted by Gasteiger charge is 2.73. The third kappa shape index (κ3) is 1.77. The van der Waals surface area contributed by atoms with E-state index in [0.29, 0.717) is 15.6 Å². The molecule has 0 spiro atoms. The number of hydrogen-bond acceptors (Lipinski definition) is 3. The van der Waals surface area contributed by atoms with Crippen molar-refractivity contribution in [3.63, 3.8) is 0 Å². The van der Waals surface area contributed by atoms with E-state index in [1.165, 1.54) is 0 Å². The molecule has 1 aromatic heterocycles. The van der Waals surface area contributed by atoms with Gasteiger partial charge in [-0.3, -0.25) is 4.79 Å². The van der Waals surface area contributed by atoms with E-state index in [1.54, 1.807) is 17.0 Å². The second kappa shape index (κ2) is 4.86. The molecule has 25 heavy (non-hydrogen) atoms. The molecule has 0 N–H and O–H groups in total. The van der Waals surface area contributed by atoms with Crippen LogP contribution < -0.4 is 0 Å². The molecule has 1 aromatic carbocycles. The molecule has 2 aliphatic carbocycles. The predicted octanol–water partition coefficient (Wildman–Crippen LogP) is 4.35. The van der Waals surface area contributed by atoms with Crippen LogP contribution in [0.25, 0.3) is 11.0 Å². The summed E-state index contributed by atoms with van der Waals surface area (Å²) in [6.07, 6.45) is 1.72. The summed E-state index contributed by atoms with van der Waals surface area (Å²) >= 11 is 12.3. The van der Waals surface area contributed by atoms with Gasteiger partial charge in [0.15, 0.2) is 0 Å². The van der Waals surface area contributed by atoms with Gasteiger partial charge in [-0.2, -0.15) is 0 Å². The first-order chi connectivity index (χ1) is 11.6. The van der Waals surface area contributed by atoms with E-state index in [4.69, 9.17) is 33.2 Å². The number of rotatable bonds is 1. The molecule has 2 aliphatic rings. The van der Waals surface area contributed by atoms with Gasteiger partial charge in [-0.25, -0.2) is 9.97 Å². The number of benzene rings is 1. The summed E-state index contributed by atoms with van der Waals surface area (Å²) < 4.78 is 0. The Bertz CT molecular complexity index is 940. The molecular weight excluding hydrogens is 357 g/mol. The molecule has 132 valence electrons. The van der Waals surface area contributed by atoms with Crippen molar-refractivity contribution in [2.75, 3.05) is 14.1 Å². The maximum Gasteiger partial charge on any atom is 0.234 e. The molecule has 4 rings (SSSR count). The first-order valence-corrected chi connectivity index (χ1v) is 9.21. The van der Waals surface area contributed by atoms with E-state index in [2.05, 4.69) is 20.8 Å². The first-order valence-electron chi connectivity index (χ1n) is 8.46. The molecule has 0 unspecified atom stereocenters. The Kier molecular flexibility index (Phi) is 3.31. The molecule has 4 nitrogen and oxygen atoms in total. The summed E-state index contributed by atoms with van der Waals surface area (Å²) in [5.74, 6) is 0.105. The topological polar surface area (TPSA) is 46.1 Å². The lowest BCUT2D eigenvalue weighted by Crippen LogP contribution is -2.50. The van der Waals surface area contributed by atoms with Gasteiger partial charge in [-0.15, -0.1) is 0 Å². The minimum Gasteiger partial charge on any atom is -0.348 e. The minimum absolute atomic E-state index is 0.105. The lowest BCUT2D eigenvalue weighted by Gasteiger charge is -2.40. The highest BCUT2D eigenvalue weighted by atomic mass is 35.5. The van der Waals surface area contributed by atoms with Gasteiger partial charge in [0.1, 0.15) is 0 Å². The van der Waals surface area contributed by atoms with Crippen LogP contribution in [0.4, 0.5) is 0 Å². The molecule has 1 amide bonds. The van der Waals surface area contributed by atoms with Crippen LogP contribution in [0, 0.1) is 5.41 Å². The average Bonchev–Trinajstić information content (AvgIpc) is 2.82. The number of halogens is 2. The smallest absolute Gasteiger partial charge is 0.234 e. The van der Waals surface area contributed by atoms with Gasteiger partial charge >= 0.3 is 0 Å². The van der Waals surface area contributed by atoms with Gasteiger partial charge in [0, 0.05) is 19.5 Å². The highest BCUT2D eigenvalue weighted by Crippen LogP contribution is 2.70. The molecule has 1 fully saturated rings. The quantitative estimate of drug-likeness (QED) is 0.741. The average molecular weight is 378 g/mol. The van der Waals surface area contributed by atoms with Gasteiger partial charge in [0.05, 0.1) is 37.9 Å². The number of carbonyl (C=O) groups is 1. The van der Waals surface area contributed by atoms with Crippen molar-refractivity contribution < 1.29 is 4.79 Å². The van der Waals surface area contributed by atoms with Crippen LogP contribution in [-0.2, 0) is 15.6 Å². The van der Waals surface area contributed by atoms with Crippen LogP contribution in [0.1, 0.15) is 45.0 Å². The molecule has 0 aliphatic heterocycles. The van der Waals surface area contributed by atoms with Crippen molar-refractivity contribution in [3.05, 3.63) is 33.6 Å². The standard InChI is InChI=1S/C19H21Cl2N3O/c1-17(2)18(3)6-7-19(17,16(25)24(4)5)15-14(18)22-12-8-10(20)11(21)9-13(12)23-15/h8-9H,6-7H2,1-5H3/t18-,19+/m0/s1. The Morgan fingerprint density at radius 1 is 1.00 bits per heavy atom. The summed E-state index contributed by atoms with van der Waals surface area (Å²) in [6.45, 7) is 6.56. The number of carbonyl (C=O) groups excluding carboxylic acids is 1. The maximum absolute atomic E-state index is 13.3. The Labute approximate surface area is 157 Å². The Balaban J connectivity index is 2.10. The molecule has 1 heterocycles. The number of fused-ring (bicyclic) bond motifs is 6. The molecule has 2 aromatic rings. The summed E-state index contributed by atoms with van der Waals surface area (Å²) in [4.78, 5) is 24.8. The molecule has 2 bridgehead atoms. The molecule has 0 saturated heterocycles. The molecule has 6 heteroatoms. The van der Waals surface area contributed by atoms with E-state index in [0.717, 1.165) is 29.7 Å². The second-order valence-corrected chi connectivity index (χ2v) is 9.05. The third-order valence-electron chi connectivity index (χ3n) is 6.85. The Morgan fingerprint density at radius 2 is 1.52 bits per heavy atom. The Morgan fingerprint density at radius 3 is 2.04 bits per heavy atom. The minimum atomic E-state index is -0.645. The van der Waals surface area contributed by atoms with Crippen molar-refractivity contribution in [2.45, 2.75) is 44.4 Å². The van der Waals surface area contributed by atoms with Crippen LogP contribution in [0.3, 0.4) is 0 Å². The number of likely N-dealkylation sites (N-methyl/N-ethyl adjacent to an activating group) is 1. The van der Waals surface area contributed by atoms with E-state index in [1.807, 2.05) is 14.1 Å². The van der Waals surface area contributed by atoms with Crippen molar-refractivity contribution in [3.8, 4) is 0 Å². The van der Waals surface area contributed by atoms with Crippen LogP contribution in [-0.4, -0.2) is 34.9 Å². The van der Waals surface area contributed by atoms with Crippen LogP contribution in [0.15, 0.2) is 12.1 Å². The fourth-order valence-electron chi connectivity index (χ4n) is 4.95. The van der Waals surface area contributed by atoms with Crippen LogP contribution in [0.5, 0.6) is 0 Å². The van der Waals surface area contributed by atoms with Gasteiger partial charge in [-0.05, 0) is 30.4 Å². The van der Waals surface area contributed by atoms with Crippen molar-refractivity contribution in [1.29, 1.82) is 0 Å². The fraction of sp³-hybridized carbons (Fsp3) is 0.526. The predicted molar refractivity (Wildman–Crippen MR) is 100 cm³/mol. The SMILES string of the molecule is CN(C)C(=O)[C@@]12CC[C@@](C)(c3nc4cc(Cl)c(Cl)cc4nc31)C2(C)C. The van der Waals surface area contributed by atoms with Gasteiger partial charge in [0.25, 0.3) is 0 Å². The third-order valence-corrected chi connectivity index (χ3v) is 7.57. The van der Waals surface area contributed by atoms with Gasteiger partial charge < -0.3 is 4.90 Å². The summed E-state index contributed by atoms with van der Waals surface area (Å²) in [6, 6.07) is 3.50. The molecule has 2 atom stereocenters. The van der Waals surface area contributed by atoms with Gasteiger partial charge in [-0.1, -0.05) is 44.0 Å². The zero-order valence-corrected chi connectivity index (χ0v) is 16.6. The number of nitrogens with zero attached hydrogens (tertiary/aromatic N) is 3. The van der Waals surface area contributed by atoms with Crippen LogP contribution >= 0.6 is 23.2 Å². The summed E-state index contributed by atoms with van der Waals surface area (Å²) in [7, 11) is 3.62. The zero-order valence-electron chi connectivity index (χ0n) is 15.1.